The fraction of sp³-hybridized carbons (Fsp3) is 0.312. The fourth-order valence-corrected chi connectivity index (χ4v) is 3.80. The monoisotopic (exact) mass is 367 g/mol. The zero-order valence-corrected chi connectivity index (χ0v) is 15.8. The van der Waals surface area contributed by atoms with Crippen molar-refractivity contribution in [3.05, 3.63) is 29.5 Å². The van der Waals surface area contributed by atoms with Crippen molar-refractivity contribution >= 4 is 40.9 Å². The van der Waals surface area contributed by atoms with Crippen molar-refractivity contribution in [1.82, 2.24) is 10.3 Å². The number of benzene rings is 1. The van der Waals surface area contributed by atoms with Crippen LogP contribution < -0.4 is 15.4 Å². The van der Waals surface area contributed by atoms with Crippen LogP contribution in [0.15, 0.2) is 27.4 Å². The van der Waals surface area contributed by atoms with Gasteiger partial charge in [0.1, 0.15) is 12.5 Å². The standard InChI is InChI=1S/C15H19N3O2S2.CH2O/c1-5-17-14(19)10-7-12(9(2)6-11(10)20-4)21-13-8-18-15(16-3)22-13;1-2/h6-8H,5H2,1-4H3,(H,16,18)(H,17,19);1H2. The molecule has 2 rings (SSSR count). The van der Waals surface area contributed by atoms with Gasteiger partial charge >= 0.3 is 0 Å². The summed E-state index contributed by atoms with van der Waals surface area (Å²) in [6.45, 7) is 6.48. The van der Waals surface area contributed by atoms with E-state index in [-0.39, 0.29) is 5.91 Å². The Bertz CT molecular complexity index is 689. The molecule has 0 atom stereocenters. The van der Waals surface area contributed by atoms with Crippen LogP contribution in [-0.4, -0.2) is 38.4 Å². The van der Waals surface area contributed by atoms with E-state index in [2.05, 4.69) is 15.6 Å². The van der Waals surface area contributed by atoms with Gasteiger partial charge in [-0.05, 0) is 31.5 Å². The van der Waals surface area contributed by atoms with E-state index < -0.39 is 0 Å². The van der Waals surface area contributed by atoms with Crippen LogP contribution in [0.1, 0.15) is 22.8 Å². The molecule has 130 valence electrons. The molecular formula is C16H21N3O3S2. The molecule has 0 spiro atoms. The minimum Gasteiger partial charge on any atom is -0.496 e. The second-order valence-corrected chi connectivity index (χ2v) is 6.89. The predicted molar refractivity (Wildman–Crippen MR) is 98.6 cm³/mol. The maximum absolute atomic E-state index is 12.2. The molecule has 0 aliphatic carbocycles. The highest BCUT2D eigenvalue weighted by Crippen LogP contribution is 2.38. The Morgan fingerprint density at radius 3 is 2.67 bits per heavy atom. The molecule has 24 heavy (non-hydrogen) atoms. The van der Waals surface area contributed by atoms with Crippen LogP contribution in [-0.2, 0) is 4.79 Å². The van der Waals surface area contributed by atoms with Crippen LogP contribution >= 0.6 is 23.1 Å². The van der Waals surface area contributed by atoms with Crippen molar-refractivity contribution in [2.24, 2.45) is 0 Å². The number of hydrogen-bond acceptors (Lipinski definition) is 7. The van der Waals surface area contributed by atoms with Gasteiger partial charge in [0, 0.05) is 18.5 Å². The van der Waals surface area contributed by atoms with Crippen LogP contribution in [0.25, 0.3) is 0 Å². The van der Waals surface area contributed by atoms with E-state index in [1.807, 2.05) is 46.0 Å². The molecule has 6 nitrogen and oxygen atoms in total. The van der Waals surface area contributed by atoms with E-state index in [0.717, 1.165) is 19.8 Å². The molecule has 0 bridgehead atoms. The molecule has 0 unspecified atom stereocenters. The Morgan fingerprint density at radius 2 is 2.12 bits per heavy atom. The molecule has 8 heteroatoms. The quantitative estimate of drug-likeness (QED) is 0.816. The van der Waals surface area contributed by atoms with E-state index in [0.29, 0.717) is 17.9 Å². The van der Waals surface area contributed by atoms with Gasteiger partial charge in [0.2, 0.25) is 0 Å². The lowest BCUT2D eigenvalue weighted by molar-refractivity contribution is -0.0980. The Kier molecular flexibility index (Phi) is 8.28. The van der Waals surface area contributed by atoms with E-state index in [9.17, 15) is 4.79 Å². The first-order chi connectivity index (χ1) is 11.6. The SMILES string of the molecule is C=O.CCNC(=O)c1cc(Sc2cnc(NC)s2)c(C)cc1OC. The summed E-state index contributed by atoms with van der Waals surface area (Å²) in [5, 5.41) is 6.71. The average Bonchev–Trinajstić information content (AvgIpc) is 3.06. The number of aryl methyl sites for hydroxylation is 1. The Hall–Kier alpha value is -2.06. The van der Waals surface area contributed by atoms with Crippen molar-refractivity contribution < 1.29 is 14.3 Å². The Balaban J connectivity index is 0.00000139. The highest BCUT2D eigenvalue weighted by Gasteiger charge is 2.16. The van der Waals surface area contributed by atoms with Crippen LogP contribution in [0.3, 0.4) is 0 Å². The molecule has 0 aliphatic heterocycles. The molecule has 0 saturated carbocycles. The molecule has 1 heterocycles. The topological polar surface area (TPSA) is 80.3 Å². The molecule has 0 saturated heterocycles. The largest absolute Gasteiger partial charge is 0.496 e. The van der Waals surface area contributed by atoms with Gasteiger partial charge in [-0.2, -0.15) is 0 Å². The first-order valence-electron chi connectivity index (χ1n) is 7.16. The number of anilines is 1. The number of hydrogen-bond donors (Lipinski definition) is 2. The zero-order chi connectivity index (χ0) is 18.1. The molecule has 2 N–H and O–H groups in total. The molecule has 2 aromatic rings. The lowest BCUT2D eigenvalue weighted by atomic mass is 10.1. The molecule has 0 aliphatic rings. The summed E-state index contributed by atoms with van der Waals surface area (Å²) in [6.07, 6.45) is 1.83. The summed E-state index contributed by atoms with van der Waals surface area (Å²) in [5.41, 5.74) is 1.62. The minimum absolute atomic E-state index is 0.124. The molecule has 0 fully saturated rings. The van der Waals surface area contributed by atoms with Crippen molar-refractivity contribution in [1.29, 1.82) is 0 Å². The maximum atomic E-state index is 12.2. The third-order valence-electron chi connectivity index (χ3n) is 2.99. The van der Waals surface area contributed by atoms with Gasteiger partial charge < -0.3 is 20.2 Å². The second-order valence-electron chi connectivity index (χ2n) is 4.51. The fourth-order valence-electron chi connectivity index (χ4n) is 1.90. The normalized spacial score (nSPS) is 9.67. The molecule has 1 amide bonds. The van der Waals surface area contributed by atoms with Gasteiger partial charge in [0.15, 0.2) is 5.13 Å². The summed E-state index contributed by atoms with van der Waals surface area (Å²) < 4.78 is 6.40. The van der Waals surface area contributed by atoms with Crippen LogP contribution in [0, 0.1) is 6.92 Å². The summed E-state index contributed by atoms with van der Waals surface area (Å²) in [5.74, 6) is 0.467. The van der Waals surface area contributed by atoms with E-state index >= 15 is 0 Å². The third kappa shape index (κ3) is 4.97. The summed E-state index contributed by atoms with van der Waals surface area (Å²) in [4.78, 5) is 25.5. The van der Waals surface area contributed by atoms with Gasteiger partial charge in [-0.15, -0.1) is 0 Å². The number of amides is 1. The van der Waals surface area contributed by atoms with Crippen molar-refractivity contribution in [3.8, 4) is 5.75 Å². The molecule has 1 aromatic carbocycles. The minimum atomic E-state index is -0.124. The lowest BCUT2D eigenvalue weighted by Gasteiger charge is -2.12. The first kappa shape index (κ1) is 20.0. The van der Waals surface area contributed by atoms with E-state index in [4.69, 9.17) is 9.53 Å². The number of rotatable bonds is 6. The molecule has 0 radical (unpaired) electrons. The molecule has 1 aromatic heterocycles. The van der Waals surface area contributed by atoms with E-state index in [1.54, 1.807) is 30.2 Å². The third-order valence-corrected chi connectivity index (χ3v) is 5.26. The first-order valence-corrected chi connectivity index (χ1v) is 8.79. The van der Waals surface area contributed by atoms with Crippen LogP contribution in [0.5, 0.6) is 5.75 Å². The van der Waals surface area contributed by atoms with Crippen LogP contribution in [0.4, 0.5) is 5.13 Å². The number of thiazole rings is 1. The Labute approximate surface area is 150 Å². The number of nitrogens with zero attached hydrogens (tertiary/aromatic N) is 1. The van der Waals surface area contributed by atoms with Crippen LogP contribution in [0.2, 0.25) is 0 Å². The highest BCUT2D eigenvalue weighted by molar-refractivity contribution is 8.01. The number of carbonyl (C=O) groups is 2. The summed E-state index contributed by atoms with van der Waals surface area (Å²) in [7, 11) is 3.42. The smallest absolute Gasteiger partial charge is 0.255 e. The van der Waals surface area contributed by atoms with Gasteiger partial charge in [0.25, 0.3) is 5.91 Å². The molecular weight excluding hydrogens is 346 g/mol. The van der Waals surface area contributed by atoms with Gasteiger partial charge in [-0.25, -0.2) is 4.98 Å². The highest BCUT2D eigenvalue weighted by atomic mass is 32.2. The van der Waals surface area contributed by atoms with Crippen molar-refractivity contribution in [3.63, 3.8) is 0 Å². The second kappa shape index (κ2) is 9.94. The van der Waals surface area contributed by atoms with Gasteiger partial charge in [0.05, 0.1) is 23.1 Å². The average molecular weight is 367 g/mol. The van der Waals surface area contributed by atoms with Gasteiger partial charge in [-0.3, -0.25) is 4.79 Å². The van der Waals surface area contributed by atoms with Gasteiger partial charge in [-0.1, -0.05) is 23.1 Å². The number of aromatic nitrogens is 1. The number of methoxy groups -OCH3 is 1. The summed E-state index contributed by atoms with van der Waals surface area (Å²) in [6, 6.07) is 3.77. The summed E-state index contributed by atoms with van der Waals surface area (Å²) >= 11 is 3.18. The predicted octanol–water partition coefficient (Wildman–Crippen LogP) is 3.22. The van der Waals surface area contributed by atoms with Crippen molar-refractivity contribution in [2.75, 3.05) is 26.0 Å². The van der Waals surface area contributed by atoms with E-state index in [1.165, 1.54) is 0 Å². The maximum Gasteiger partial charge on any atom is 0.255 e. The van der Waals surface area contributed by atoms with Crippen molar-refractivity contribution in [2.45, 2.75) is 23.0 Å². The lowest BCUT2D eigenvalue weighted by Crippen LogP contribution is -2.23. The Morgan fingerprint density at radius 1 is 1.42 bits per heavy atom. The number of ether oxygens (including phenoxy) is 1. The number of nitrogens with one attached hydrogen (secondary N) is 2. The zero-order valence-electron chi connectivity index (χ0n) is 14.1. The number of carbonyl (C=O) groups excluding carboxylic acids is 2.